The number of carbonyl (C=O) groups excluding carboxylic acids is 2. The van der Waals surface area contributed by atoms with Crippen LogP contribution in [0, 0.1) is 0 Å². The third-order valence-electron chi connectivity index (χ3n) is 5.32. The number of anilines is 1. The van der Waals surface area contributed by atoms with Gasteiger partial charge in [0, 0.05) is 31.6 Å². The first-order valence-corrected chi connectivity index (χ1v) is 10.0. The van der Waals surface area contributed by atoms with Gasteiger partial charge in [0.25, 0.3) is 0 Å². The SMILES string of the molecule is COC(=O)c1ccc2nc(-c3ccccc3)c(N3CCC(NC(C)=O)CC3)nc2c1. The Kier molecular flexibility index (Phi) is 5.61. The molecule has 2 heterocycles. The van der Waals surface area contributed by atoms with Crippen molar-refractivity contribution < 1.29 is 14.3 Å². The van der Waals surface area contributed by atoms with Crippen molar-refractivity contribution in [3.05, 3.63) is 54.1 Å². The lowest BCUT2D eigenvalue weighted by Gasteiger charge is -2.34. The number of amides is 1. The van der Waals surface area contributed by atoms with Gasteiger partial charge in [0.15, 0.2) is 5.82 Å². The van der Waals surface area contributed by atoms with Gasteiger partial charge in [-0.05, 0) is 31.0 Å². The number of nitrogens with zero attached hydrogens (tertiary/aromatic N) is 3. The van der Waals surface area contributed by atoms with Crippen molar-refractivity contribution in [2.45, 2.75) is 25.8 Å². The monoisotopic (exact) mass is 404 g/mol. The molecular weight excluding hydrogens is 380 g/mol. The molecule has 1 amide bonds. The highest BCUT2D eigenvalue weighted by Gasteiger charge is 2.24. The Balaban J connectivity index is 1.75. The number of methoxy groups -OCH3 is 1. The fourth-order valence-electron chi connectivity index (χ4n) is 3.82. The minimum absolute atomic E-state index is 0.000684. The molecule has 30 heavy (non-hydrogen) atoms. The number of benzene rings is 2. The van der Waals surface area contributed by atoms with E-state index in [0.29, 0.717) is 11.1 Å². The zero-order valence-electron chi connectivity index (χ0n) is 17.1. The summed E-state index contributed by atoms with van der Waals surface area (Å²) >= 11 is 0. The molecule has 2 aromatic carbocycles. The van der Waals surface area contributed by atoms with Crippen LogP contribution in [0.4, 0.5) is 5.82 Å². The van der Waals surface area contributed by atoms with Crippen LogP contribution in [0.15, 0.2) is 48.5 Å². The Bertz CT molecular complexity index is 1080. The van der Waals surface area contributed by atoms with E-state index in [2.05, 4.69) is 10.2 Å². The molecule has 0 aliphatic carbocycles. The van der Waals surface area contributed by atoms with E-state index in [-0.39, 0.29) is 11.9 Å². The molecule has 3 aromatic rings. The Morgan fingerprint density at radius 1 is 1.03 bits per heavy atom. The molecule has 4 rings (SSSR count). The Morgan fingerprint density at radius 2 is 1.77 bits per heavy atom. The minimum atomic E-state index is -0.400. The van der Waals surface area contributed by atoms with E-state index < -0.39 is 5.97 Å². The smallest absolute Gasteiger partial charge is 0.337 e. The highest BCUT2D eigenvalue weighted by molar-refractivity contribution is 5.94. The van der Waals surface area contributed by atoms with Gasteiger partial charge in [-0.3, -0.25) is 4.79 Å². The van der Waals surface area contributed by atoms with Crippen LogP contribution >= 0.6 is 0 Å². The molecule has 0 saturated carbocycles. The number of fused-ring (bicyclic) bond motifs is 1. The van der Waals surface area contributed by atoms with Gasteiger partial charge in [0.2, 0.25) is 5.91 Å². The first-order valence-electron chi connectivity index (χ1n) is 10.0. The van der Waals surface area contributed by atoms with Crippen molar-refractivity contribution >= 4 is 28.7 Å². The molecule has 0 bridgehead atoms. The average Bonchev–Trinajstić information content (AvgIpc) is 2.78. The second-order valence-electron chi connectivity index (χ2n) is 7.42. The third-order valence-corrected chi connectivity index (χ3v) is 5.32. The van der Waals surface area contributed by atoms with Crippen LogP contribution in [0.5, 0.6) is 0 Å². The summed E-state index contributed by atoms with van der Waals surface area (Å²) in [5, 5.41) is 3.00. The number of esters is 1. The van der Waals surface area contributed by atoms with E-state index in [0.717, 1.165) is 48.5 Å². The second kappa shape index (κ2) is 8.49. The first-order chi connectivity index (χ1) is 14.5. The predicted molar refractivity (Wildman–Crippen MR) is 115 cm³/mol. The molecule has 154 valence electrons. The van der Waals surface area contributed by atoms with Crippen LogP contribution in [-0.2, 0) is 9.53 Å². The summed E-state index contributed by atoms with van der Waals surface area (Å²) in [5.41, 5.74) is 3.62. The summed E-state index contributed by atoms with van der Waals surface area (Å²) < 4.78 is 4.84. The summed E-state index contributed by atoms with van der Waals surface area (Å²) in [6, 6.07) is 15.4. The Morgan fingerprint density at radius 3 is 2.43 bits per heavy atom. The van der Waals surface area contributed by atoms with Crippen molar-refractivity contribution in [2.75, 3.05) is 25.1 Å². The molecule has 0 atom stereocenters. The minimum Gasteiger partial charge on any atom is -0.465 e. The largest absolute Gasteiger partial charge is 0.465 e. The number of piperidine rings is 1. The number of hydrogen-bond donors (Lipinski definition) is 1. The van der Waals surface area contributed by atoms with Crippen LogP contribution in [-0.4, -0.2) is 48.1 Å². The fourth-order valence-corrected chi connectivity index (χ4v) is 3.82. The zero-order chi connectivity index (χ0) is 21.1. The molecule has 1 aromatic heterocycles. The van der Waals surface area contributed by atoms with E-state index >= 15 is 0 Å². The van der Waals surface area contributed by atoms with Gasteiger partial charge in [-0.1, -0.05) is 30.3 Å². The predicted octanol–water partition coefficient (Wildman–Crippen LogP) is 3.19. The molecule has 1 aliphatic rings. The number of nitrogens with one attached hydrogen (secondary N) is 1. The Labute approximate surface area is 175 Å². The van der Waals surface area contributed by atoms with Crippen LogP contribution in [0.25, 0.3) is 22.3 Å². The lowest BCUT2D eigenvalue weighted by Crippen LogP contribution is -2.44. The van der Waals surface area contributed by atoms with E-state index in [1.807, 2.05) is 30.3 Å². The van der Waals surface area contributed by atoms with Crippen LogP contribution in [0.2, 0.25) is 0 Å². The molecule has 1 N–H and O–H groups in total. The second-order valence-corrected chi connectivity index (χ2v) is 7.42. The van der Waals surface area contributed by atoms with Crippen molar-refractivity contribution in [3.63, 3.8) is 0 Å². The first kappa shape index (κ1) is 19.8. The quantitative estimate of drug-likeness (QED) is 0.673. The van der Waals surface area contributed by atoms with Crippen molar-refractivity contribution in [1.29, 1.82) is 0 Å². The van der Waals surface area contributed by atoms with E-state index in [1.165, 1.54) is 7.11 Å². The van der Waals surface area contributed by atoms with Gasteiger partial charge in [-0.25, -0.2) is 14.8 Å². The van der Waals surface area contributed by atoms with E-state index in [1.54, 1.807) is 25.1 Å². The van der Waals surface area contributed by atoms with Crippen LogP contribution in [0.3, 0.4) is 0 Å². The van der Waals surface area contributed by atoms with E-state index in [4.69, 9.17) is 14.7 Å². The van der Waals surface area contributed by atoms with Crippen molar-refractivity contribution in [2.24, 2.45) is 0 Å². The van der Waals surface area contributed by atoms with Gasteiger partial charge < -0.3 is 15.0 Å². The standard InChI is InChI=1S/C23H24N4O3/c1-15(28)24-18-10-12-27(13-11-18)22-21(16-6-4-3-5-7-16)25-19-9-8-17(23(29)30-2)14-20(19)26-22/h3-9,14,18H,10-13H2,1-2H3,(H,24,28). The highest BCUT2D eigenvalue weighted by atomic mass is 16.5. The van der Waals surface area contributed by atoms with Crippen LogP contribution in [0.1, 0.15) is 30.1 Å². The molecule has 1 fully saturated rings. The van der Waals surface area contributed by atoms with Gasteiger partial charge in [0.05, 0.1) is 23.7 Å². The fraction of sp³-hybridized carbons (Fsp3) is 0.304. The number of aromatic nitrogens is 2. The molecule has 1 aliphatic heterocycles. The molecule has 0 unspecified atom stereocenters. The summed E-state index contributed by atoms with van der Waals surface area (Å²) in [6.45, 7) is 3.08. The molecule has 0 spiro atoms. The maximum absolute atomic E-state index is 11.9. The maximum Gasteiger partial charge on any atom is 0.337 e. The topological polar surface area (TPSA) is 84.4 Å². The molecular formula is C23H24N4O3. The van der Waals surface area contributed by atoms with Gasteiger partial charge >= 0.3 is 5.97 Å². The number of hydrogen-bond acceptors (Lipinski definition) is 6. The number of carbonyl (C=O) groups is 2. The molecule has 1 saturated heterocycles. The van der Waals surface area contributed by atoms with Gasteiger partial charge in [-0.2, -0.15) is 0 Å². The van der Waals surface area contributed by atoms with E-state index in [9.17, 15) is 9.59 Å². The van der Waals surface area contributed by atoms with Gasteiger partial charge in [-0.15, -0.1) is 0 Å². The lowest BCUT2D eigenvalue weighted by molar-refractivity contribution is -0.119. The molecule has 7 heteroatoms. The summed E-state index contributed by atoms with van der Waals surface area (Å²) in [5.74, 6) is 0.389. The third kappa shape index (κ3) is 4.10. The Hall–Kier alpha value is -3.48. The van der Waals surface area contributed by atoms with Gasteiger partial charge in [0.1, 0.15) is 5.69 Å². The van der Waals surface area contributed by atoms with Crippen molar-refractivity contribution in [3.8, 4) is 11.3 Å². The summed E-state index contributed by atoms with van der Waals surface area (Å²) in [4.78, 5) is 35.3. The zero-order valence-corrected chi connectivity index (χ0v) is 17.1. The highest BCUT2D eigenvalue weighted by Crippen LogP contribution is 2.31. The molecule has 0 radical (unpaired) electrons. The number of rotatable bonds is 4. The van der Waals surface area contributed by atoms with Crippen LogP contribution < -0.4 is 10.2 Å². The number of ether oxygens (including phenoxy) is 1. The molecule has 7 nitrogen and oxygen atoms in total. The van der Waals surface area contributed by atoms with Crippen molar-refractivity contribution in [1.82, 2.24) is 15.3 Å². The summed E-state index contributed by atoms with van der Waals surface area (Å²) in [6.07, 6.45) is 1.69. The average molecular weight is 404 g/mol. The maximum atomic E-state index is 11.9. The lowest BCUT2D eigenvalue weighted by atomic mass is 10.0. The normalized spacial score (nSPS) is 14.5. The summed E-state index contributed by atoms with van der Waals surface area (Å²) in [7, 11) is 1.36.